The van der Waals surface area contributed by atoms with Crippen LogP contribution in [-0.4, -0.2) is 11.0 Å². The van der Waals surface area contributed by atoms with Gasteiger partial charge in [0.2, 0.25) is 0 Å². The van der Waals surface area contributed by atoms with Crippen molar-refractivity contribution < 1.29 is 91.4 Å². The van der Waals surface area contributed by atoms with Gasteiger partial charge >= 0.3 is 39.9 Å². The van der Waals surface area contributed by atoms with E-state index in [2.05, 4.69) is 0 Å². The minimum Gasteiger partial charge on any atom is -2.00 e. The molecule has 3 N–H and O–H groups in total. The smallest absolute Gasteiger partial charge is 2.00 e. The molecule has 0 amide bonds. The molecule has 0 aliphatic heterocycles. The van der Waals surface area contributed by atoms with Gasteiger partial charge in [-0.1, -0.05) is 0 Å². The largest absolute Gasteiger partial charge is 4.00 e. The molecule has 0 saturated heterocycles. The summed E-state index contributed by atoms with van der Waals surface area (Å²) in [5.74, 6) is 0. The molecule has 53 valence electrons. The molecule has 0 aromatic rings. The summed E-state index contributed by atoms with van der Waals surface area (Å²) in [7, 11) is 0. The van der Waals surface area contributed by atoms with Crippen molar-refractivity contribution in [1.82, 2.24) is 0 Å². The Morgan fingerprint density at radius 1 is 0.625 bits per heavy atom. The van der Waals surface area contributed by atoms with Crippen molar-refractivity contribution in [2.24, 2.45) is 0 Å². The van der Waals surface area contributed by atoms with Crippen LogP contribution in [0.3, 0.4) is 0 Å². The molecule has 8 heavy (non-hydrogen) atoms. The summed E-state index contributed by atoms with van der Waals surface area (Å²) < 4.78 is 0. The molecule has 0 fully saturated rings. The van der Waals surface area contributed by atoms with E-state index < -0.39 is 0 Å². The summed E-state index contributed by atoms with van der Waals surface area (Å²) in [5.41, 5.74) is 0. The third kappa shape index (κ3) is 122. The Labute approximate surface area is 90.4 Å². The maximum Gasteiger partial charge on any atom is 4.00 e. The third-order valence-electron chi connectivity index (χ3n) is 0. The van der Waals surface area contributed by atoms with E-state index in [1.165, 1.54) is 0 Å². The summed E-state index contributed by atoms with van der Waals surface area (Å²) >= 11 is 0. The molecule has 0 aromatic heterocycles. The summed E-state index contributed by atoms with van der Waals surface area (Å²) in [5, 5.41) is 0. The van der Waals surface area contributed by atoms with E-state index in [0.29, 0.717) is 0 Å². The zero-order valence-electron chi connectivity index (χ0n) is 3.53. The fourth-order valence-electron chi connectivity index (χ4n) is 0. The molecule has 0 unspecified atom stereocenters. The van der Waals surface area contributed by atoms with Crippen LogP contribution in [0.2, 0.25) is 0 Å². The predicted octanol–water partition coefficient (Wildman–Crippen LogP) is -1.48. The molecule has 1 radical (unpaired) electrons. The Balaban J connectivity index is 0. The molecule has 0 heterocycles. The summed E-state index contributed by atoms with van der Waals surface area (Å²) in [6, 6.07) is 0. The van der Waals surface area contributed by atoms with Crippen LogP contribution in [-0.2, 0) is 40.5 Å². The van der Waals surface area contributed by atoms with Gasteiger partial charge in [0.15, 0.2) is 0 Å². The van der Waals surface area contributed by atoms with Gasteiger partial charge in [-0.05, 0) is 0 Å². The maximum atomic E-state index is 0. The SMILES string of the molecule is O.[O-2].[O-2].[O-2].[O-2].[OH-].[Th+4].[V]. The van der Waals surface area contributed by atoms with Crippen LogP contribution < -0.4 is 0 Å². The van der Waals surface area contributed by atoms with E-state index in [1.54, 1.807) is 0 Å². The Morgan fingerprint density at radius 2 is 0.625 bits per heavy atom. The van der Waals surface area contributed by atoms with Gasteiger partial charge in [0.25, 0.3) is 0 Å². The van der Waals surface area contributed by atoms with Crippen molar-refractivity contribution in [3.05, 3.63) is 0 Å². The second-order valence-electron chi connectivity index (χ2n) is 0. The van der Waals surface area contributed by atoms with Gasteiger partial charge in [0.1, 0.15) is 0 Å². The van der Waals surface area contributed by atoms with E-state index in [0.717, 1.165) is 0 Å². The van der Waals surface area contributed by atoms with Gasteiger partial charge in [-0.25, -0.2) is 0 Å². The van der Waals surface area contributed by atoms with Crippen molar-refractivity contribution in [2.75, 3.05) is 0 Å². The first-order chi connectivity index (χ1) is 0. The third-order valence-corrected chi connectivity index (χ3v) is 0. The topological polar surface area (TPSA) is 176 Å². The molecule has 0 saturated carbocycles. The fourth-order valence-corrected chi connectivity index (χ4v) is 0. The molecule has 0 aliphatic rings. The molecule has 0 spiro atoms. The first-order valence-corrected chi connectivity index (χ1v) is 0. The van der Waals surface area contributed by atoms with E-state index in [9.17, 15) is 0 Å². The van der Waals surface area contributed by atoms with Gasteiger partial charge < -0.3 is 32.9 Å². The van der Waals surface area contributed by atoms with Crippen LogP contribution in [0.4, 0.5) is 0 Å². The van der Waals surface area contributed by atoms with Crippen molar-refractivity contribution in [3.63, 3.8) is 0 Å². The summed E-state index contributed by atoms with van der Waals surface area (Å²) in [4.78, 5) is 0. The first-order valence-electron chi connectivity index (χ1n) is 0. The molecule has 0 aliphatic carbocycles. The Morgan fingerprint density at radius 3 is 0.625 bits per heavy atom. The molecule has 0 rings (SSSR count). The Hall–Kier alpha value is 1.67. The first kappa shape index (κ1) is 261. The zero-order chi connectivity index (χ0) is 0. The monoisotopic (exact) mass is 382 g/mol. The second-order valence-corrected chi connectivity index (χ2v) is 0. The van der Waals surface area contributed by atoms with E-state index in [-0.39, 0.29) is 91.4 Å². The van der Waals surface area contributed by atoms with Crippen LogP contribution in [0, 0.1) is 39.9 Å². The Bertz CT molecular complexity index is 8.49. The number of rotatable bonds is 0. The van der Waals surface area contributed by atoms with Crippen LogP contribution in [0.25, 0.3) is 0 Å². The zero-order valence-corrected chi connectivity index (χ0v) is 9.03. The quantitative estimate of drug-likeness (QED) is 0.488. The van der Waals surface area contributed by atoms with Crippen molar-refractivity contribution in [2.45, 2.75) is 0 Å². The molecular weight excluding hydrogens is 379 g/mol. The van der Waals surface area contributed by atoms with Crippen LogP contribution in [0.5, 0.6) is 0 Å². The van der Waals surface area contributed by atoms with Gasteiger partial charge in [0.05, 0.1) is 0 Å². The summed E-state index contributed by atoms with van der Waals surface area (Å²) in [6.07, 6.45) is 0. The van der Waals surface area contributed by atoms with Crippen molar-refractivity contribution >= 4 is 0 Å². The second kappa shape index (κ2) is 183. The van der Waals surface area contributed by atoms with Gasteiger partial charge in [0, 0.05) is 18.6 Å². The number of hydrogen-bond acceptors (Lipinski definition) is 1. The van der Waals surface area contributed by atoms with E-state index in [4.69, 9.17) is 0 Å². The predicted molar refractivity (Wildman–Crippen MR) is 8.30 cm³/mol. The average Bonchev–Trinajstić information content (AvgIpc) is 0. The van der Waals surface area contributed by atoms with Crippen LogP contribution in [0.1, 0.15) is 0 Å². The minimum absolute atomic E-state index is 0. The van der Waals surface area contributed by atoms with Gasteiger partial charge in [-0.2, -0.15) is 0 Å². The fraction of sp³-hybridized carbons (Fsp3) is 0. The normalized spacial score (nSPS) is 0. The molecule has 8 heteroatoms. The summed E-state index contributed by atoms with van der Waals surface area (Å²) in [6.45, 7) is 0. The van der Waals surface area contributed by atoms with Gasteiger partial charge in [-0.3, -0.25) is 0 Å². The van der Waals surface area contributed by atoms with E-state index in [1.807, 2.05) is 0 Å². The molecule has 0 bridgehead atoms. The van der Waals surface area contributed by atoms with Crippen molar-refractivity contribution in [3.8, 4) is 0 Å². The van der Waals surface area contributed by atoms with E-state index >= 15 is 0 Å². The van der Waals surface area contributed by atoms with Crippen molar-refractivity contribution in [1.29, 1.82) is 0 Å². The van der Waals surface area contributed by atoms with Gasteiger partial charge in [-0.15, -0.1) is 0 Å². The molecule has 0 atom stereocenters. The molecule has 0 aromatic carbocycles. The van der Waals surface area contributed by atoms with Crippen LogP contribution in [0.15, 0.2) is 0 Å². The minimum atomic E-state index is 0. The number of hydrogen-bond donors (Lipinski definition) is 0. The average molecular weight is 382 g/mol. The molecule has 6 nitrogen and oxygen atoms in total. The standard InChI is InChI=1S/2H2O.4O.Th.V/h2*1H2;;;;;;/q;;4*-2;+4;/p-1. The Kier molecular flexibility index (Phi) is 5970. The van der Waals surface area contributed by atoms with Crippen LogP contribution >= 0.6 is 0 Å². The molecular formula is H3O6ThV-5. The maximum absolute atomic E-state index is 0.